The second-order valence-electron chi connectivity index (χ2n) is 5.69. The molecule has 122 valence electrons. The number of nitrogens with zero attached hydrogens (tertiary/aromatic N) is 1. The molecule has 3 nitrogen and oxygen atoms in total. The molecule has 1 N–H and O–H groups in total. The molecule has 1 atom stereocenters. The van der Waals surface area contributed by atoms with E-state index in [-0.39, 0.29) is 24.4 Å². The third-order valence-corrected chi connectivity index (χ3v) is 4.89. The normalized spacial score (nSPS) is 16.2. The van der Waals surface area contributed by atoms with E-state index < -0.39 is 0 Å². The van der Waals surface area contributed by atoms with Gasteiger partial charge in [0.05, 0.1) is 6.04 Å². The van der Waals surface area contributed by atoms with Gasteiger partial charge in [-0.2, -0.15) is 0 Å². The summed E-state index contributed by atoms with van der Waals surface area (Å²) in [5.41, 5.74) is 3.68. The van der Waals surface area contributed by atoms with Crippen molar-refractivity contribution in [2.24, 2.45) is 0 Å². The summed E-state index contributed by atoms with van der Waals surface area (Å²) in [6.07, 6.45) is 0.759. The van der Waals surface area contributed by atoms with Crippen LogP contribution in [0.2, 0.25) is 0 Å². The van der Waals surface area contributed by atoms with Crippen LogP contribution >= 0.6 is 28.3 Å². The molecule has 1 aliphatic rings. The van der Waals surface area contributed by atoms with Gasteiger partial charge in [0.2, 0.25) is 5.91 Å². The maximum Gasteiger partial charge on any atom is 0.240 e. The number of carbonyl (C=O) groups excluding carboxylic acids is 1. The number of benzene rings is 2. The number of carbonyl (C=O) groups is 1. The van der Waals surface area contributed by atoms with Gasteiger partial charge in [-0.05, 0) is 29.2 Å². The Morgan fingerprint density at radius 1 is 1.17 bits per heavy atom. The lowest BCUT2D eigenvalue weighted by Crippen LogP contribution is -2.48. The molecular weight excluding hydrogens is 376 g/mol. The highest BCUT2D eigenvalue weighted by molar-refractivity contribution is 9.10. The van der Waals surface area contributed by atoms with Crippen LogP contribution < -0.4 is 5.32 Å². The molecule has 5 heteroatoms. The van der Waals surface area contributed by atoms with Crippen LogP contribution in [0.15, 0.2) is 53.0 Å². The minimum Gasteiger partial charge on any atom is -0.340 e. The summed E-state index contributed by atoms with van der Waals surface area (Å²) in [5, 5.41) is 3.35. The number of halogens is 2. The molecule has 2 aromatic carbocycles. The lowest BCUT2D eigenvalue weighted by molar-refractivity contribution is -0.132. The molecule has 23 heavy (non-hydrogen) atoms. The van der Waals surface area contributed by atoms with Crippen LogP contribution in [0.1, 0.15) is 16.7 Å². The fourth-order valence-electron chi connectivity index (χ4n) is 2.86. The zero-order chi connectivity index (χ0) is 15.5. The average Bonchev–Trinajstić information content (AvgIpc) is 2.55. The third kappa shape index (κ3) is 4.14. The molecule has 3 rings (SSSR count). The molecular formula is C18H20BrClN2O. The van der Waals surface area contributed by atoms with E-state index in [0.717, 1.165) is 23.0 Å². The van der Waals surface area contributed by atoms with Crippen molar-refractivity contribution >= 4 is 34.2 Å². The first-order chi connectivity index (χ1) is 10.6. The van der Waals surface area contributed by atoms with Gasteiger partial charge in [-0.15, -0.1) is 12.4 Å². The average molecular weight is 396 g/mol. The molecule has 0 aliphatic carbocycles. The number of nitrogens with one attached hydrogen (secondary N) is 1. The Labute approximate surface area is 151 Å². The van der Waals surface area contributed by atoms with Crippen molar-refractivity contribution in [3.63, 3.8) is 0 Å². The van der Waals surface area contributed by atoms with Gasteiger partial charge in [0.1, 0.15) is 0 Å². The predicted molar refractivity (Wildman–Crippen MR) is 98.6 cm³/mol. The monoisotopic (exact) mass is 394 g/mol. The number of rotatable bonds is 3. The van der Waals surface area contributed by atoms with Crippen LogP contribution in [-0.2, 0) is 24.3 Å². The largest absolute Gasteiger partial charge is 0.340 e. The van der Waals surface area contributed by atoms with Gasteiger partial charge >= 0.3 is 0 Å². The first-order valence-electron chi connectivity index (χ1n) is 7.43. The number of amides is 1. The SMILES string of the molecule is CN(Cc1ccccc1Br)C(=O)C1Cc2ccccc2CN1.Cl. The van der Waals surface area contributed by atoms with E-state index in [0.29, 0.717) is 6.54 Å². The smallest absolute Gasteiger partial charge is 0.240 e. The molecule has 0 saturated carbocycles. The number of fused-ring (bicyclic) bond motifs is 1. The molecule has 0 bridgehead atoms. The summed E-state index contributed by atoms with van der Waals surface area (Å²) in [7, 11) is 1.87. The Hall–Kier alpha value is -1.36. The Morgan fingerprint density at radius 3 is 2.57 bits per heavy atom. The molecule has 0 saturated heterocycles. The maximum absolute atomic E-state index is 12.7. The second kappa shape index (κ2) is 7.95. The van der Waals surface area contributed by atoms with Crippen molar-refractivity contribution in [2.45, 2.75) is 25.6 Å². The Kier molecular flexibility index (Phi) is 6.22. The van der Waals surface area contributed by atoms with E-state index in [2.05, 4.69) is 33.4 Å². The second-order valence-corrected chi connectivity index (χ2v) is 6.55. The quantitative estimate of drug-likeness (QED) is 0.862. The van der Waals surface area contributed by atoms with E-state index in [1.54, 1.807) is 4.90 Å². The molecule has 2 aromatic rings. The lowest BCUT2D eigenvalue weighted by Gasteiger charge is -2.29. The highest BCUT2D eigenvalue weighted by atomic mass is 79.9. The molecule has 0 spiro atoms. The van der Waals surface area contributed by atoms with Gasteiger partial charge in [-0.25, -0.2) is 0 Å². The first kappa shape index (κ1) is 18.0. The first-order valence-corrected chi connectivity index (χ1v) is 8.23. The molecule has 0 radical (unpaired) electrons. The van der Waals surface area contributed by atoms with Crippen molar-refractivity contribution < 1.29 is 4.79 Å². The summed E-state index contributed by atoms with van der Waals surface area (Å²) in [6, 6.07) is 16.2. The van der Waals surface area contributed by atoms with Crippen molar-refractivity contribution in [3.8, 4) is 0 Å². The Balaban J connectivity index is 0.00000192. The van der Waals surface area contributed by atoms with E-state index in [4.69, 9.17) is 0 Å². The Bertz CT molecular complexity index is 692. The van der Waals surface area contributed by atoms with Crippen LogP contribution in [0.5, 0.6) is 0 Å². The highest BCUT2D eigenvalue weighted by Crippen LogP contribution is 2.20. The number of likely N-dealkylation sites (N-methyl/N-ethyl adjacent to an activating group) is 1. The molecule has 1 aliphatic heterocycles. The van der Waals surface area contributed by atoms with Gasteiger partial charge in [-0.3, -0.25) is 4.79 Å². The van der Waals surface area contributed by atoms with Crippen molar-refractivity contribution in [2.75, 3.05) is 7.05 Å². The zero-order valence-corrected chi connectivity index (χ0v) is 15.4. The minimum absolute atomic E-state index is 0. The van der Waals surface area contributed by atoms with E-state index >= 15 is 0 Å². The summed E-state index contributed by atoms with van der Waals surface area (Å²) in [4.78, 5) is 14.5. The Morgan fingerprint density at radius 2 is 1.83 bits per heavy atom. The van der Waals surface area contributed by atoms with Gasteiger partial charge in [0, 0.05) is 24.6 Å². The molecule has 1 unspecified atom stereocenters. The minimum atomic E-state index is -0.137. The molecule has 0 fully saturated rings. The van der Waals surface area contributed by atoms with E-state index in [1.165, 1.54) is 11.1 Å². The van der Waals surface area contributed by atoms with Crippen molar-refractivity contribution in [1.82, 2.24) is 10.2 Å². The van der Waals surface area contributed by atoms with Crippen LogP contribution in [0.25, 0.3) is 0 Å². The van der Waals surface area contributed by atoms with Crippen LogP contribution in [0, 0.1) is 0 Å². The van der Waals surface area contributed by atoms with E-state index in [9.17, 15) is 4.79 Å². The summed E-state index contributed by atoms with van der Waals surface area (Å²) in [5.74, 6) is 0.144. The fourth-order valence-corrected chi connectivity index (χ4v) is 3.27. The number of hydrogen-bond donors (Lipinski definition) is 1. The van der Waals surface area contributed by atoms with E-state index in [1.807, 2.05) is 43.4 Å². The molecule has 1 amide bonds. The topological polar surface area (TPSA) is 32.3 Å². The van der Waals surface area contributed by atoms with Crippen molar-refractivity contribution in [1.29, 1.82) is 0 Å². The lowest BCUT2D eigenvalue weighted by atomic mass is 9.95. The summed E-state index contributed by atoms with van der Waals surface area (Å²) < 4.78 is 1.04. The maximum atomic E-state index is 12.7. The van der Waals surface area contributed by atoms with Crippen molar-refractivity contribution in [3.05, 3.63) is 69.7 Å². The van der Waals surface area contributed by atoms with Crippen LogP contribution in [0.4, 0.5) is 0 Å². The fraction of sp³-hybridized carbons (Fsp3) is 0.278. The summed E-state index contributed by atoms with van der Waals surface area (Å²) >= 11 is 3.54. The number of hydrogen-bond acceptors (Lipinski definition) is 2. The zero-order valence-electron chi connectivity index (χ0n) is 13.0. The summed E-state index contributed by atoms with van der Waals surface area (Å²) in [6.45, 7) is 1.37. The van der Waals surface area contributed by atoms with Crippen LogP contribution in [0.3, 0.4) is 0 Å². The third-order valence-electron chi connectivity index (χ3n) is 4.12. The van der Waals surface area contributed by atoms with Gasteiger partial charge in [0.25, 0.3) is 0 Å². The van der Waals surface area contributed by atoms with Gasteiger partial charge in [0.15, 0.2) is 0 Å². The molecule has 1 heterocycles. The van der Waals surface area contributed by atoms with Crippen LogP contribution in [-0.4, -0.2) is 23.9 Å². The van der Waals surface area contributed by atoms with Gasteiger partial charge < -0.3 is 10.2 Å². The highest BCUT2D eigenvalue weighted by Gasteiger charge is 2.26. The predicted octanol–water partition coefficient (Wildman–Crippen LogP) is 3.54. The molecule has 0 aromatic heterocycles. The van der Waals surface area contributed by atoms with Gasteiger partial charge in [-0.1, -0.05) is 58.4 Å². The standard InChI is InChI=1S/C18H19BrN2O.ClH/c1-21(12-15-8-4-5-9-16(15)19)18(22)17-10-13-6-2-3-7-14(13)11-20-17;/h2-9,17,20H,10-12H2,1H3;1H.